The molecule has 0 radical (unpaired) electrons. The maximum atomic E-state index is 5.54. The molecule has 170 valence electrons. The van der Waals surface area contributed by atoms with Crippen LogP contribution < -0.4 is 14.4 Å². The Labute approximate surface area is 190 Å². The monoisotopic (exact) mass is 436 g/mol. The van der Waals surface area contributed by atoms with Gasteiger partial charge in [0.15, 0.2) is 17.3 Å². The van der Waals surface area contributed by atoms with Gasteiger partial charge in [-0.25, -0.2) is 0 Å². The largest absolute Gasteiger partial charge is 0.454 e. The van der Waals surface area contributed by atoms with Gasteiger partial charge in [-0.1, -0.05) is 56.3 Å². The summed E-state index contributed by atoms with van der Waals surface area (Å²) in [5.74, 6) is 3.07. The van der Waals surface area contributed by atoms with E-state index >= 15 is 0 Å². The van der Waals surface area contributed by atoms with Crippen LogP contribution in [0.4, 0.5) is 5.69 Å². The number of quaternary nitrogens is 1. The van der Waals surface area contributed by atoms with Gasteiger partial charge in [0.2, 0.25) is 6.79 Å². The molecule has 0 saturated heterocycles. The highest BCUT2D eigenvalue weighted by atomic mass is 16.7. The number of aromatic nitrogens is 2. The second-order valence-corrected chi connectivity index (χ2v) is 8.43. The summed E-state index contributed by atoms with van der Waals surface area (Å²) < 4.78 is 16.5. The van der Waals surface area contributed by atoms with E-state index in [1.165, 1.54) is 48.3 Å². The van der Waals surface area contributed by atoms with E-state index in [2.05, 4.69) is 60.4 Å². The Morgan fingerprint density at radius 2 is 1.66 bits per heavy atom. The molecule has 1 aromatic heterocycles. The fourth-order valence-corrected chi connectivity index (χ4v) is 4.10. The molecule has 4 rings (SSSR count). The summed E-state index contributed by atoms with van der Waals surface area (Å²) in [6.45, 7) is 6.61. The number of unbranched alkanes of at least 4 members (excludes halogenated alkanes) is 5. The Bertz CT molecular complexity index is 984. The first-order valence-electron chi connectivity index (χ1n) is 11.9. The van der Waals surface area contributed by atoms with Gasteiger partial charge in [0.1, 0.15) is 12.2 Å². The average Bonchev–Trinajstić information content (AvgIpc) is 3.49. The maximum absolute atomic E-state index is 5.54. The van der Waals surface area contributed by atoms with Gasteiger partial charge in [-0.05, 0) is 31.5 Å². The van der Waals surface area contributed by atoms with Crippen molar-refractivity contribution >= 4 is 5.69 Å². The Hall–Kier alpha value is -2.86. The van der Waals surface area contributed by atoms with Crippen LogP contribution in [0.1, 0.15) is 63.8 Å². The van der Waals surface area contributed by atoms with Crippen molar-refractivity contribution in [3.8, 4) is 23.0 Å². The topological polar surface area (TPSA) is 61.8 Å². The van der Waals surface area contributed by atoms with E-state index in [4.69, 9.17) is 14.0 Å². The molecule has 1 N–H and O–H groups in total. The average molecular weight is 437 g/mol. The molecular formula is C26H34N3O3+. The zero-order valence-corrected chi connectivity index (χ0v) is 19.2. The van der Waals surface area contributed by atoms with E-state index in [1.54, 1.807) is 0 Å². The first kappa shape index (κ1) is 22.3. The van der Waals surface area contributed by atoms with Crippen LogP contribution >= 0.6 is 0 Å². The van der Waals surface area contributed by atoms with Crippen molar-refractivity contribution in [3.05, 3.63) is 53.9 Å². The fraction of sp³-hybridized carbons (Fsp3) is 0.462. The van der Waals surface area contributed by atoms with E-state index in [1.807, 2.05) is 6.07 Å². The number of aryl methyl sites for hydroxylation is 1. The van der Waals surface area contributed by atoms with Crippen molar-refractivity contribution in [2.24, 2.45) is 0 Å². The number of nitrogens with zero attached hydrogens (tertiary/aromatic N) is 2. The minimum absolute atomic E-state index is 0.304. The molecule has 3 aromatic rings. The molecule has 1 unspecified atom stereocenters. The van der Waals surface area contributed by atoms with Gasteiger partial charge in [0, 0.05) is 29.7 Å². The lowest BCUT2D eigenvalue weighted by molar-refractivity contribution is -0.845. The molecule has 1 aliphatic heterocycles. The predicted molar refractivity (Wildman–Crippen MR) is 124 cm³/mol. The predicted octanol–water partition coefficient (Wildman–Crippen LogP) is 5.10. The SMILES string of the molecule is CCCCCCCCc1noc(-c2ccc(C[NH+](CC)c3ccc4c(c3)OCO4)cc2)n1. The molecule has 0 saturated carbocycles. The van der Waals surface area contributed by atoms with Crippen LogP contribution in [-0.2, 0) is 13.0 Å². The third kappa shape index (κ3) is 5.68. The number of hydrogen-bond acceptors (Lipinski definition) is 5. The number of benzene rings is 2. The molecule has 1 aliphatic rings. The van der Waals surface area contributed by atoms with Crippen LogP contribution in [-0.4, -0.2) is 23.5 Å². The van der Waals surface area contributed by atoms with Crippen molar-refractivity contribution in [2.75, 3.05) is 13.3 Å². The minimum atomic E-state index is 0.304. The maximum Gasteiger partial charge on any atom is 0.257 e. The Kier molecular flexibility index (Phi) is 7.77. The first-order chi connectivity index (χ1) is 15.8. The summed E-state index contributed by atoms with van der Waals surface area (Å²) in [5.41, 5.74) is 3.43. The van der Waals surface area contributed by atoms with Gasteiger partial charge in [0.05, 0.1) is 6.54 Å². The van der Waals surface area contributed by atoms with Crippen LogP contribution in [0, 0.1) is 0 Å². The quantitative estimate of drug-likeness (QED) is 0.400. The summed E-state index contributed by atoms with van der Waals surface area (Å²) in [5, 5.41) is 4.17. The van der Waals surface area contributed by atoms with E-state index in [9.17, 15) is 0 Å². The molecule has 32 heavy (non-hydrogen) atoms. The summed E-state index contributed by atoms with van der Waals surface area (Å²) >= 11 is 0. The molecule has 6 heteroatoms. The minimum Gasteiger partial charge on any atom is -0.454 e. The number of rotatable bonds is 12. The van der Waals surface area contributed by atoms with Crippen LogP contribution in [0.2, 0.25) is 0 Å². The van der Waals surface area contributed by atoms with Crippen molar-refractivity contribution in [3.63, 3.8) is 0 Å². The smallest absolute Gasteiger partial charge is 0.257 e. The van der Waals surface area contributed by atoms with E-state index in [-0.39, 0.29) is 0 Å². The number of nitrogens with one attached hydrogen (secondary N) is 1. The number of hydrogen-bond donors (Lipinski definition) is 1. The summed E-state index contributed by atoms with van der Waals surface area (Å²) in [6, 6.07) is 14.6. The summed E-state index contributed by atoms with van der Waals surface area (Å²) in [4.78, 5) is 5.96. The molecule has 0 aliphatic carbocycles. The zero-order valence-electron chi connectivity index (χ0n) is 19.2. The molecule has 0 bridgehead atoms. The Balaban J connectivity index is 1.32. The standard InChI is InChI=1S/C26H33N3O3/c1-3-5-6-7-8-9-10-25-27-26(32-28-25)21-13-11-20(12-14-21)18-29(4-2)22-15-16-23-24(17-22)31-19-30-23/h11-17H,3-10,18-19H2,1-2H3/p+1. The Morgan fingerprint density at radius 3 is 2.47 bits per heavy atom. The van der Waals surface area contributed by atoms with Crippen LogP contribution in [0.3, 0.4) is 0 Å². The number of fused-ring (bicyclic) bond motifs is 1. The lowest BCUT2D eigenvalue weighted by Gasteiger charge is -2.17. The van der Waals surface area contributed by atoms with Crippen molar-refractivity contribution in [1.82, 2.24) is 10.1 Å². The van der Waals surface area contributed by atoms with Crippen LogP contribution in [0.25, 0.3) is 11.5 Å². The molecule has 0 fully saturated rings. The van der Waals surface area contributed by atoms with E-state index < -0.39 is 0 Å². The van der Waals surface area contributed by atoms with Gasteiger partial charge in [-0.2, -0.15) is 4.98 Å². The zero-order chi connectivity index (χ0) is 22.2. The highest BCUT2D eigenvalue weighted by Crippen LogP contribution is 2.33. The van der Waals surface area contributed by atoms with Crippen LogP contribution in [0.5, 0.6) is 11.5 Å². The lowest BCUT2D eigenvalue weighted by Crippen LogP contribution is -3.05. The van der Waals surface area contributed by atoms with E-state index in [0.29, 0.717) is 12.7 Å². The number of ether oxygens (including phenoxy) is 2. The molecule has 2 heterocycles. The second kappa shape index (κ2) is 11.1. The lowest BCUT2D eigenvalue weighted by atomic mass is 10.1. The second-order valence-electron chi connectivity index (χ2n) is 8.43. The molecule has 0 amide bonds. The van der Waals surface area contributed by atoms with Crippen LogP contribution in [0.15, 0.2) is 47.0 Å². The normalized spacial score (nSPS) is 13.4. The first-order valence-corrected chi connectivity index (χ1v) is 11.9. The Morgan fingerprint density at radius 1 is 0.875 bits per heavy atom. The van der Waals surface area contributed by atoms with Crippen molar-refractivity contribution in [1.29, 1.82) is 0 Å². The van der Waals surface area contributed by atoms with E-state index in [0.717, 1.165) is 48.8 Å². The highest BCUT2D eigenvalue weighted by Gasteiger charge is 2.19. The fourth-order valence-electron chi connectivity index (χ4n) is 4.10. The molecule has 0 spiro atoms. The summed E-state index contributed by atoms with van der Waals surface area (Å²) in [7, 11) is 0. The van der Waals surface area contributed by atoms with Gasteiger partial charge in [-0.15, -0.1) is 0 Å². The van der Waals surface area contributed by atoms with Gasteiger partial charge < -0.3 is 14.0 Å². The van der Waals surface area contributed by atoms with Gasteiger partial charge in [0.25, 0.3) is 5.89 Å². The third-order valence-corrected chi connectivity index (χ3v) is 6.05. The van der Waals surface area contributed by atoms with Crippen molar-refractivity contribution < 1.29 is 18.9 Å². The highest BCUT2D eigenvalue weighted by molar-refractivity contribution is 5.53. The molecule has 6 nitrogen and oxygen atoms in total. The third-order valence-electron chi connectivity index (χ3n) is 6.05. The summed E-state index contributed by atoms with van der Waals surface area (Å²) in [6.07, 6.45) is 8.47. The van der Waals surface area contributed by atoms with Gasteiger partial charge in [-0.3, -0.25) is 4.90 Å². The molecule has 2 aromatic carbocycles. The van der Waals surface area contributed by atoms with Crippen molar-refractivity contribution in [2.45, 2.75) is 65.3 Å². The molecule has 1 atom stereocenters. The van der Waals surface area contributed by atoms with Gasteiger partial charge >= 0.3 is 0 Å². The molecular weight excluding hydrogens is 402 g/mol.